The Balaban J connectivity index is 2.87. The minimum Gasteiger partial charge on any atom is -0.406 e. The number of halogens is 4. The van der Waals surface area contributed by atoms with E-state index in [-0.39, 0.29) is 10.8 Å². The van der Waals surface area contributed by atoms with Crippen molar-refractivity contribution < 1.29 is 17.9 Å². The van der Waals surface area contributed by atoms with E-state index in [1.807, 2.05) is 6.92 Å². The van der Waals surface area contributed by atoms with Crippen LogP contribution in [0.1, 0.15) is 12.5 Å². The predicted octanol–water partition coefficient (Wildman–Crippen LogP) is 3.80. The van der Waals surface area contributed by atoms with Crippen LogP contribution >= 0.6 is 11.6 Å². The first-order valence-electron chi connectivity index (χ1n) is 3.96. The first kappa shape index (κ1) is 11.2. The van der Waals surface area contributed by atoms with Gasteiger partial charge >= 0.3 is 6.36 Å². The maximum absolute atomic E-state index is 11.8. The van der Waals surface area contributed by atoms with Crippen molar-refractivity contribution in [2.75, 3.05) is 0 Å². The maximum Gasteiger partial charge on any atom is 0.573 e. The lowest BCUT2D eigenvalue weighted by atomic mass is 10.2. The van der Waals surface area contributed by atoms with Crippen molar-refractivity contribution in [1.82, 2.24) is 0 Å². The summed E-state index contributed by atoms with van der Waals surface area (Å²) in [4.78, 5) is 0. The van der Waals surface area contributed by atoms with Crippen LogP contribution in [0.15, 0.2) is 18.2 Å². The molecule has 1 aromatic carbocycles. The van der Waals surface area contributed by atoms with Gasteiger partial charge in [0, 0.05) is 5.02 Å². The van der Waals surface area contributed by atoms with Crippen LogP contribution in [0, 0.1) is 0 Å². The molecule has 0 radical (unpaired) electrons. The molecule has 1 nitrogen and oxygen atoms in total. The molecule has 0 spiro atoms. The number of aryl methyl sites for hydroxylation is 1. The molecule has 0 aliphatic rings. The third-order valence-corrected chi connectivity index (χ3v) is 1.99. The predicted molar refractivity (Wildman–Crippen MR) is 47.5 cm³/mol. The van der Waals surface area contributed by atoms with Gasteiger partial charge in [0.05, 0.1) is 0 Å². The van der Waals surface area contributed by atoms with Crippen LogP contribution in [0.4, 0.5) is 13.2 Å². The molecule has 0 saturated heterocycles. The zero-order chi connectivity index (χ0) is 10.8. The quantitative estimate of drug-likeness (QED) is 0.743. The Kier molecular flexibility index (Phi) is 3.26. The highest BCUT2D eigenvalue weighted by atomic mass is 35.5. The monoisotopic (exact) mass is 224 g/mol. The van der Waals surface area contributed by atoms with Crippen LogP contribution < -0.4 is 4.74 Å². The Labute approximate surface area is 84.4 Å². The summed E-state index contributed by atoms with van der Waals surface area (Å²) in [5.41, 5.74) is 0.793. The second kappa shape index (κ2) is 4.09. The van der Waals surface area contributed by atoms with Crippen LogP contribution in [0.25, 0.3) is 0 Å². The average molecular weight is 225 g/mol. The van der Waals surface area contributed by atoms with Gasteiger partial charge in [0.15, 0.2) is 0 Å². The average Bonchev–Trinajstić information content (AvgIpc) is 2.01. The van der Waals surface area contributed by atoms with E-state index < -0.39 is 6.36 Å². The molecule has 5 heteroatoms. The van der Waals surface area contributed by atoms with Gasteiger partial charge in [0.1, 0.15) is 5.75 Å². The Morgan fingerprint density at radius 3 is 2.43 bits per heavy atom. The van der Waals surface area contributed by atoms with E-state index >= 15 is 0 Å². The summed E-state index contributed by atoms with van der Waals surface area (Å²) >= 11 is 5.71. The molecule has 1 rings (SSSR count). The molecule has 1 aromatic rings. The lowest BCUT2D eigenvalue weighted by Gasteiger charge is -2.09. The summed E-state index contributed by atoms with van der Waals surface area (Å²) in [7, 11) is 0. The lowest BCUT2D eigenvalue weighted by molar-refractivity contribution is -0.274. The zero-order valence-corrected chi connectivity index (χ0v) is 8.12. The first-order chi connectivity index (χ1) is 6.42. The van der Waals surface area contributed by atoms with Crippen molar-refractivity contribution in [3.63, 3.8) is 0 Å². The SMILES string of the molecule is CCc1ccc(OC(F)(F)F)cc1Cl. The smallest absolute Gasteiger partial charge is 0.406 e. The van der Waals surface area contributed by atoms with E-state index in [4.69, 9.17) is 11.6 Å². The fourth-order valence-corrected chi connectivity index (χ4v) is 1.32. The van der Waals surface area contributed by atoms with Crippen molar-refractivity contribution >= 4 is 11.6 Å². The van der Waals surface area contributed by atoms with Crippen molar-refractivity contribution in [2.45, 2.75) is 19.7 Å². The highest BCUT2D eigenvalue weighted by Crippen LogP contribution is 2.27. The van der Waals surface area contributed by atoms with Gasteiger partial charge in [-0.2, -0.15) is 0 Å². The summed E-state index contributed by atoms with van der Waals surface area (Å²) in [6, 6.07) is 3.93. The molecule has 0 aliphatic carbocycles. The topological polar surface area (TPSA) is 9.23 Å². The van der Waals surface area contributed by atoms with Crippen molar-refractivity contribution in [3.8, 4) is 5.75 Å². The Bertz CT molecular complexity index is 322. The molecule has 0 aliphatic heterocycles. The van der Waals surface area contributed by atoms with Crippen LogP contribution in [-0.2, 0) is 6.42 Å². The molecule has 0 bridgehead atoms. The van der Waals surface area contributed by atoms with Gasteiger partial charge in [-0.25, -0.2) is 0 Å². The normalized spacial score (nSPS) is 11.5. The molecule has 0 fully saturated rings. The number of hydrogen-bond acceptors (Lipinski definition) is 1. The molecule has 78 valence electrons. The van der Waals surface area contributed by atoms with Gasteiger partial charge in [-0.15, -0.1) is 13.2 Å². The van der Waals surface area contributed by atoms with Crippen molar-refractivity contribution in [1.29, 1.82) is 0 Å². The Morgan fingerprint density at radius 2 is 2.00 bits per heavy atom. The second-order valence-electron chi connectivity index (χ2n) is 2.65. The summed E-state index contributed by atoms with van der Waals surface area (Å²) in [5.74, 6) is -0.292. The lowest BCUT2D eigenvalue weighted by Crippen LogP contribution is -2.17. The molecule has 0 unspecified atom stereocenters. The van der Waals surface area contributed by atoms with Gasteiger partial charge in [-0.05, 0) is 24.1 Å². The van der Waals surface area contributed by atoms with Crippen LogP contribution in [-0.4, -0.2) is 6.36 Å². The molecular formula is C9H8ClF3O. The summed E-state index contributed by atoms with van der Waals surface area (Å²) in [6.07, 6.45) is -4.00. The highest BCUT2D eigenvalue weighted by molar-refractivity contribution is 6.31. The molecule has 0 aromatic heterocycles. The zero-order valence-electron chi connectivity index (χ0n) is 7.36. The second-order valence-corrected chi connectivity index (χ2v) is 3.06. The van der Waals surface area contributed by atoms with E-state index in [0.29, 0.717) is 6.42 Å². The summed E-state index contributed by atoms with van der Waals surface area (Å²) in [6.45, 7) is 1.87. The minimum absolute atomic E-state index is 0.286. The molecule has 0 heterocycles. The van der Waals surface area contributed by atoms with Crippen molar-refractivity contribution in [2.24, 2.45) is 0 Å². The molecule has 0 amide bonds. The summed E-state index contributed by atoms with van der Waals surface area (Å²) in [5, 5.41) is 0.286. The standard InChI is InChI=1S/C9H8ClF3O/c1-2-6-3-4-7(5-8(6)10)14-9(11,12)13/h3-5H,2H2,1H3. The highest BCUT2D eigenvalue weighted by Gasteiger charge is 2.31. The number of hydrogen-bond donors (Lipinski definition) is 0. The van der Waals surface area contributed by atoms with Crippen LogP contribution in [0.5, 0.6) is 5.75 Å². The number of alkyl halides is 3. The van der Waals surface area contributed by atoms with E-state index in [0.717, 1.165) is 11.6 Å². The first-order valence-corrected chi connectivity index (χ1v) is 4.34. The molecule has 14 heavy (non-hydrogen) atoms. The van der Waals surface area contributed by atoms with Gasteiger partial charge in [-0.1, -0.05) is 24.6 Å². The van der Waals surface area contributed by atoms with Crippen LogP contribution in [0.3, 0.4) is 0 Å². The number of ether oxygens (including phenoxy) is 1. The van der Waals surface area contributed by atoms with E-state index in [1.165, 1.54) is 12.1 Å². The Morgan fingerprint density at radius 1 is 1.36 bits per heavy atom. The largest absolute Gasteiger partial charge is 0.573 e. The third kappa shape index (κ3) is 3.10. The Hall–Kier alpha value is -0.900. The minimum atomic E-state index is -4.67. The van der Waals surface area contributed by atoms with Gasteiger partial charge in [0.25, 0.3) is 0 Å². The summed E-state index contributed by atoms with van der Waals surface area (Å²) < 4.78 is 39.1. The fourth-order valence-electron chi connectivity index (χ4n) is 1.01. The fraction of sp³-hybridized carbons (Fsp3) is 0.333. The number of benzene rings is 1. The van der Waals surface area contributed by atoms with E-state index in [2.05, 4.69) is 4.74 Å². The van der Waals surface area contributed by atoms with Crippen molar-refractivity contribution in [3.05, 3.63) is 28.8 Å². The third-order valence-electron chi connectivity index (χ3n) is 1.64. The molecule has 0 atom stereocenters. The maximum atomic E-state index is 11.8. The van der Waals surface area contributed by atoms with E-state index in [1.54, 1.807) is 0 Å². The van der Waals surface area contributed by atoms with Gasteiger partial charge in [0.2, 0.25) is 0 Å². The van der Waals surface area contributed by atoms with E-state index in [9.17, 15) is 13.2 Å². The molecule has 0 N–H and O–H groups in total. The van der Waals surface area contributed by atoms with Crippen LogP contribution in [0.2, 0.25) is 5.02 Å². The molecule has 0 saturated carbocycles. The number of rotatable bonds is 2. The van der Waals surface area contributed by atoms with Gasteiger partial charge in [-0.3, -0.25) is 0 Å². The molecular weight excluding hydrogens is 217 g/mol. The van der Waals surface area contributed by atoms with Gasteiger partial charge < -0.3 is 4.74 Å².